The average Bonchev–Trinajstić information content (AvgIpc) is 2.84. The number of hydrogen-bond acceptors (Lipinski definition) is 7. The first kappa shape index (κ1) is 22.5. The topological polar surface area (TPSA) is 121 Å². The van der Waals surface area contributed by atoms with Crippen LogP contribution in [0.25, 0.3) is 27.3 Å². The Labute approximate surface area is 206 Å². The second kappa shape index (κ2) is 7.27. The van der Waals surface area contributed by atoms with Gasteiger partial charge >= 0.3 is 0 Å². The number of methoxy groups -OCH3 is 1. The summed E-state index contributed by atoms with van der Waals surface area (Å²) < 4.78 is 5.40. The van der Waals surface area contributed by atoms with E-state index in [0.717, 1.165) is 21.7 Å². The largest absolute Gasteiger partial charge is 0.507 e. The Balaban J connectivity index is 1.66. The molecule has 1 fully saturated rings. The van der Waals surface area contributed by atoms with Crippen molar-refractivity contribution >= 4 is 44.7 Å². The van der Waals surface area contributed by atoms with Gasteiger partial charge in [-0.05, 0) is 72.7 Å². The first-order valence-corrected chi connectivity index (χ1v) is 11.8. The van der Waals surface area contributed by atoms with Gasteiger partial charge in [0.15, 0.2) is 11.4 Å². The number of aromatic hydroxyl groups is 1. The lowest BCUT2D eigenvalue weighted by molar-refractivity contribution is -0.156. The fourth-order valence-corrected chi connectivity index (χ4v) is 6.55. The summed E-state index contributed by atoms with van der Waals surface area (Å²) in [5, 5.41) is 36.9. The van der Waals surface area contributed by atoms with Gasteiger partial charge in [0.25, 0.3) is 0 Å². The molecule has 3 aromatic carbocycles. The monoisotopic (exact) mass is 484 g/mol. The van der Waals surface area contributed by atoms with E-state index >= 15 is 0 Å². The standard InChI is InChI=1S/C29H24O7/c1-12-8-15-11-20-19-10-14-9-16(36-3)4-5-17(14)18-6-7-21(31)25(23(18)19)26(32)24(20)28(34)29(15,35)27(33)22(12)13(2)30/h4-7,9-10,15,20,31-32,35H,8,11H2,1-3H3/t15-,20-,29-/m0/s1. The SMILES string of the molecule is COc1ccc2c(c1)cc1c3c(c(O)ccc32)C(O)=C2C(=O)[C@@]3(O)C(=O)C(C(C)=O)=C(C)C[C@H]3C[C@H]21. The van der Waals surface area contributed by atoms with Crippen LogP contribution in [0.4, 0.5) is 0 Å². The van der Waals surface area contributed by atoms with Crippen LogP contribution >= 0.6 is 0 Å². The number of ketones is 3. The molecular weight excluding hydrogens is 460 g/mol. The summed E-state index contributed by atoms with van der Waals surface area (Å²) in [7, 11) is 1.58. The van der Waals surface area contributed by atoms with Gasteiger partial charge in [0.2, 0.25) is 11.6 Å². The molecule has 0 bridgehead atoms. The minimum atomic E-state index is -2.44. The molecule has 0 aromatic heterocycles. The number of phenolic OH excluding ortho intramolecular Hbond substituents is 1. The lowest BCUT2D eigenvalue weighted by Crippen LogP contribution is -2.60. The third kappa shape index (κ3) is 2.63. The van der Waals surface area contributed by atoms with E-state index in [-0.39, 0.29) is 35.3 Å². The van der Waals surface area contributed by atoms with Gasteiger partial charge in [-0.2, -0.15) is 0 Å². The predicted molar refractivity (Wildman–Crippen MR) is 133 cm³/mol. The molecule has 0 spiro atoms. The van der Waals surface area contributed by atoms with Gasteiger partial charge in [-0.3, -0.25) is 14.4 Å². The molecule has 3 N–H and O–H groups in total. The van der Waals surface area contributed by atoms with Gasteiger partial charge in [-0.15, -0.1) is 0 Å². The second-order valence-electron chi connectivity index (χ2n) is 10.0. The maximum atomic E-state index is 13.9. The van der Waals surface area contributed by atoms with Crippen LogP contribution in [0.5, 0.6) is 11.5 Å². The smallest absolute Gasteiger partial charge is 0.206 e. The minimum Gasteiger partial charge on any atom is -0.507 e. The van der Waals surface area contributed by atoms with E-state index in [4.69, 9.17) is 4.74 Å². The normalized spacial score (nSPS) is 25.3. The maximum absolute atomic E-state index is 13.9. The van der Waals surface area contributed by atoms with Crippen LogP contribution in [-0.4, -0.2) is 45.4 Å². The van der Waals surface area contributed by atoms with Crippen molar-refractivity contribution < 1.29 is 34.4 Å². The summed E-state index contributed by atoms with van der Waals surface area (Å²) in [4.78, 5) is 39.4. The van der Waals surface area contributed by atoms with Crippen LogP contribution in [-0.2, 0) is 14.4 Å². The summed E-state index contributed by atoms with van der Waals surface area (Å²) in [5.74, 6) is -3.68. The van der Waals surface area contributed by atoms with Crippen LogP contribution < -0.4 is 4.74 Å². The van der Waals surface area contributed by atoms with Crippen molar-refractivity contribution in [2.24, 2.45) is 5.92 Å². The molecule has 36 heavy (non-hydrogen) atoms. The highest BCUT2D eigenvalue weighted by atomic mass is 16.5. The van der Waals surface area contributed by atoms with E-state index in [1.807, 2.05) is 24.3 Å². The van der Waals surface area contributed by atoms with Crippen LogP contribution in [0, 0.1) is 5.92 Å². The number of hydrogen-bond donors (Lipinski definition) is 3. The first-order chi connectivity index (χ1) is 17.1. The van der Waals surface area contributed by atoms with E-state index < -0.39 is 40.5 Å². The number of fused-ring (bicyclic) bond motifs is 5. The highest BCUT2D eigenvalue weighted by Crippen LogP contribution is 2.56. The van der Waals surface area contributed by atoms with E-state index in [1.165, 1.54) is 13.0 Å². The third-order valence-corrected chi connectivity index (χ3v) is 8.15. The van der Waals surface area contributed by atoms with Gasteiger partial charge in [0, 0.05) is 22.8 Å². The zero-order valence-electron chi connectivity index (χ0n) is 20.0. The zero-order chi connectivity index (χ0) is 25.7. The number of phenols is 1. The Kier molecular flexibility index (Phi) is 4.54. The molecular formula is C29H24O7. The Morgan fingerprint density at radius 2 is 1.78 bits per heavy atom. The fourth-order valence-electron chi connectivity index (χ4n) is 6.55. The van der Waals surface area contributed by atoms with Crippen LogP contribution in [0.1, 0.15) is 43.7 Å². The molecule has 0 aliphatic heterocycles. The number of carbonyl (C=O) groups excluding carboxylic acids is 3. The molecule has 3 atom stereocenters. The van der Waals surface area contributed by atoms with E-state index in [9.17, 15) is 29.7 Å². The zero-order valence-corrected chi connectivity index (χ0v) is 20.0. The van der Waals surface area contributed by atoms with Crippen LogP contribution in [0.2, 0.25) is 0 Å². The Morgan fingerprint density at radius 3 is 2.47 bits per heavy atom. The highest BCUT2D eigenvalue weighted by Gasteiger charge is 2.61. The first-order valence-electron chi connectivity index (χ1n) is 11.8. The number of benzene rings is 3. The number of carbonyl (C=O) groups is 3. The molecule has 3 aromatic rings. The van der Waals surface area contributed by atoms with Crippen molar-refractivity contribution in [1.29, 1.82) is 0 Å². The molecule has 3 aliphatic carbocycles. The van der Waals surface area contributed by atoms with Crippen molar-refractivity contribution in [3.8, 4) is 11.5 Å². The minimum absolute atomic E-state index is 0.101. The van der Waals surface area contributed by atoms with E-state index in [1.54, 1.807) is 20.1 Å². The highest BCUT2D eigenvalue weighted by molar-refractivity contribution is 6.33. The van der Waals surface area contributed by atoms with Crippen molar-refractivity contribution in [3.05, 3.63) is 64.2 Å². The molecule has 3 aliphatic rings. The summed E-state index contributed by atoms with van der Waals surface area (Å²) in [5.41, 5.74) is -1.33. The molecule has 7 heteroatoms. The molecule has 0 heterocycles. The summed E-state index contributed by atoms with van der Waals surface area (Å²) in [6.45, 7) is 2.92. The molecule has 0 radical (unpaired) electrons. The number of ether oxygens (including phenoxy) is 1. The Morgan fingerprint density at radius 1 is 1.06 bits per heavy atom. The van der Waals surface area contributed by atoms with Crippen LogP contribution in [0.3, 0.4) is 0 Å². The van der Waals surface area contributed by atoms with Gasteiger partial charge in [-0.25, -0.2) is 0 Å². The summed E-state index contributed by atoms with van der Waals surface area (Å²) in [6, 6.07) is 10.8. The number of Topliss-reactive ketones (excluding diaryl/α,β-unsaturated/α-hetero) is 3. The molecule has 7 nitrogen and oxygen atoms in total. The van der Waals surface area contributed by atoms with Gasteiger partial charge in [0.1, 0.15) is 17.3 Å². The maximum Gasteiger partial charge on any atom is 0.206 e. The Hall–Kier alpha value is -3.97. The summed E-state index contributed by atoms with van der Waals surface area (Å²) in [6.07, 6.45) is 0.431. The van der Waals surface area contributed by atoms with E-state index in [2.05, 4.69) is 0 Å². The van der Waals surface area contributed by atoms with Gasteiger partial charge in [0.05, 0.1) is 18.2 Å². The molecule has 0 unspecified atom stereocenters. The lowest BCUT2D eigenvalue weighted by atomic mass is 9.57. The number of rotatable bonds is 2. The fraction of sp³-hybridized carbons (Fsp3) is 0.276. The van der Waals surface area contributed by atoms with Gasteiger partial charge < -0.3 is 20.1 Å². The molecule has 0 saturated heterocycles. The van der Waals surface area contributed by atoms with Crippen molar-refractivity contribution in [1.82, 2.24) is 0 Å². The molecule has 182 valence electrons. The molecule has 6 rings (SSSR count). The number of aliphatic hydroxyl groups excluding tert-OH is 1. The quantitative estimate of drug-likeness (QED) is 0.282. The van der Waals surface area contributed by atoms with Crippen molar-refractivity contribution in [2.45, 2.75) is 38.2 Å². The van der Waals surface area contributed by atoms with Gasteiger partial charge in [-0.1, -0.05) is 17.7 Å². The Bertz CT molecular complexity index is 1640. The molecule has 1 saturated carbocycles. The van der Waals surface area contributed by atoms with Crippen molar-refractivity contribution in [2.75, 3.05) is 7.11 Å². The predicted octanol–water partition coefficient (Wildman–Crippen LogP) is 4.27. The van der Waals surface area contributed by atoms with Crippen molar-refractivity contribution in [3.63, 3.8) is 0 Å². The van der Waals surface area contributed by atoms with Crippen LogP contribution in [0.15, 0.2) is 53.1 Å². The third-order valence-electron chi connectivity index (χ3n) is 8.15. The average molecular weight is 485 g/mol. The molecule has 0 amide bonds. The number of allylic oxidation sites excluding steroid dienone is 1. The lowest BCUT2D eigenvalue weighted by Gasteiger charge is -2.46. The second-order valence-corrected chi connectivity index (χ2v) is 10.0. The summed E-state index contributed by atoms with van der Waals surface area (Å²) >= 11 is 0. The number of aliphatic hydroxyl groups is 2. The van der Waals surface area contributed by atoms with E-state index in [0.29, 0.717) is 16.7 Å².